The van der Waals surface area contributed by atoms with Crippen molar-refractivity contribution < 1.29 is 0 Å². The molecule has 1 aromatic heterocycles. The molecule has 3 rings (SSSR count). The summed E-state index contributed by atoms with van der Waals surface area (Å²) in [6, 6.07) is 23.3. The first-order valence-corrected chi connectivity index (χ1v) is 8.30. The van der Waals surface area contributed by atoms with Crippen LogP contribution in [0.25, 0.3) is 11.3 Å². The molecule has 0 radical (unpaired) electrons. The maximum absolute atomic E-state index is 4.52. The molecule has 98 valence electrons. The molecule has 1 nitrogen and oxygen atoms in total. The molecule has 0 unspecified atom stereocenters. The molecular formula is C18H15NSe. The normalized spacial score (nSPS) is 10.4. The fourth-order valence-corrected chi connectivity index (χ4v) is 4.41. The van der Waals surface area contributed by atoms with E-state index in [1.54, 1.807) is 0 Å². The summed E-state index contributed by atoms with van der Waals surface area (Å²) in [6.45, 7) is 2.16. The van der Waals surface area contributed by atoms with Crippen LogP contribution in [0.4, 0.5) is 0 Å². The van der Waals surface area contributed by atoms with Crippen molar-refractivity contribution in [2.24, 2.45) is 0 Å². The third-order valence-corrected chi connectivity index (χ3v) is 5.37. The number of rotatable bonds is 3. The molecule has 0 spiro atoms. The van der Waals surface area contributed by atoms with Crippen LogP contribution in [0.1, 0.15) is 5.56 Å². The van der Waals surface area contributed by atoms with Gasteiger partial charge >= 0.3 is 126 Å². The number of benzene rings is 2. The second kappa shape index (κ2) is 6.04. The molecular weight excluding hydrogens is 309 g/mol. The van der Waals surface area contributed by atoms with Gasteiger partial charge < -0.3 is 0 Å². The summed E-state index contributed by atoms with van der Waals surface area (Å²) in [5.74, 6) is 0. The molecule has 3 aromatic rings. The number of nitrogens with zero attached hydrogens (tertiary/aromatic N) is 1. The Labute approximate surface area is 125 Å². The molecule has 0 atom stereocenters. The summed E-state index contributed by atoms with van der Waals surface area (Å²) in [4.78, 5) is 4.52. The van der Waals surface area contributed by atoms with Gasteiger partial charge in [-0.1, -0.05) is 0 Å². The minimum absolute atomic E-state index is 0.306. The Balaban J connectivity index is 2.06. The van der Waals surface area contributed by atoms with Crippen LogP contribution >= 0.6 is 0 Å². The SMILES string of the molecule is Cc1cccc([Se]c2ccccc2)c1-c1ccccn1. The molecule has 0 aliphatic heterocycles. The Morgan fingerprint density at radius 3 is 2.35 bits per heavy atom. The van der Waals surface area contributed by atoms with E-state index in [1.807, 2.05) is 18.3 Å². The quantitative estimate of drug-likeness (QED) is 0.675. The van der Waals surface area contributed by atoms with Crippen molar-refractivity contribution in [2.45, 2.75) is 6.92 Å². The van der Waals surface area contributed by atoms with Crippen LogP contribution in [0.2, 0.25) is 0 Å². The van der Waals surface area contributed by atoms with Gasteiger partial charge in [0.1, 0.15) is 0 Å². The average molecular weight is 324 g/mol. The van der Waals surface area contributed by atoms with Crippen molar-refractivity contribution in [3.63, 3.8) is 0 Å². The first-order valence-electron chi connectivity index (χ1n) is 6.58. The summed E-state index contributed by atoms with van der Waals surface area (Å²) >= 11 is 0.306. The molecule has 0 saturated carbocycles. The number of aryl methyl sites for hydroxylation is 1. The van der Waals surface area contributed by atoms with Crippen molar-refractivity contribution in [3.05, 3.63) is 78.5 Å². The van der Waals surface area contributed by atoms with Gasteiger partial charge in [-0.15, -0.1) is 0 Å². The third-order valence-electron chi connectivity index (χ3n) is 3.13. The van der Waals surface area contributed by atoms with E-state index >= 15 is 0 Å². The third kappa shape index (κ3) is 2.82. The standard InChI is InChI=1S/C18H15NSe/c1-14-8-7-12-17(20-15-9-3-2-4-10-15)18(14)16-11-5-6-13-19-16/h2-13H,1H3. The van der Waals surface area contributed by atoms with Crippen molar-refractivity contribution in [2.75, 3.05) is 0 Å². The van der Waals surface area contributed by atoms with Crippen LogP contribution in [-0.4, -0.2) is 19.9 Å². The molecule has 0 aliphatic carbocycles. The Bertz CT molecular complexity index is 693. The van der Waals surface area contributed by atoms with E-state index in [1.165, 1.54) is 20.1 Å². The summed E-state index contributed by atoms with van der Waals surface area (Å²) in [6.07, 6.45) is 1.86. The second-order valence-electron chi connectivity index (χ2n) is 4.58. The molecule has 0 bridgehead atoms. The van der Waals surface area contributed by atoms with Gasteiger partial charge in [-0.2, -0.15) is 0 Å². The molecule has 20 heavy (non-hydrogen) atoms. The predicted octanol–water partition coefficient (Wildman–Crippen LogP) is 2.71. The van der Waals surface area contributed by atoms with Gasteiger partial charge in [-0.05, 0) is 0 Å². The molecule has 1 heterocycles. The van der Waals surface area contributed by atoms with Crippen molar-refractivity contribution in [1.82, 2.24) is 4.98 Å². The summed E-state index contributed by atoms with van der Waals surface area (Å²) in [5, 5.41) is 0. The van der Waals surface area contributed by atoms with Crippen LogP contribution in [0, 0.1) is 6.92 Å². The van der Waals surface area contributed by atoms with Crippen molar-refractivity contribution in [1.29, 1.82) is 0 Å². The predicted molar refractivity (Wildman–Crippen MR) is 85.9 cm³/mol. The van der Waals surface area contributed by atoms with Gasteiger partial charge in [-0.3, -0.25) is 0 Å². The molecule has 0 N–H and O–H groups in total. The molecule has 0 saturated heterocycles. The first kappa shape index (κ1) is 13.1. The topological polar surface area (TPSA) is 12.9 Å². The number of aromatic nitrogens is 1. The zero-order valence-electron chi connectivity index (χ0n) is 11.3. The van der Waals surface area contributed by atoms with E-state index in [9.17, 15) is 0 Å². The first-order chi connectivity index (χ1) is 9.84. The summed E-state index contributed by atoms with van der Waals surface area (Å²) in [7, 11) is 0. The van der Waals surface area contributed by atoms with Gasteiger partial charge in [0.2, 0.25) is 0 Å². The van der Waals surface area contributed by atoms with E-state index < -0.39 is 0 Å². The van der Waals surface area contributed by atoms with Crippen LogP contribution in [0.5, 0.6) is 0 Å². The van der Waals surface area contributed by atoms with Gasteiger partial charge in [-0.25, -0.2) is 0 Å². The van der Waals surface area contributed by atoms with Crippen LogP contribution in [0.3, 0.4) is 0 Å². The van der Waals surface area contributed by atoms with E-state index in [0.29, 0.717) is 15.0 Å². The van der Waals surface area contributed by atoms with E-state index in [4.69, 9.17) is 0 Å². The zero-order valence-corrected chi connectivity index (χ0v) is 13.0. The monoisotopic (exact) mass is 325 g/mol. The fraction of sp³-hybridized carbons (Fsp3) is 0.0556. The molecule has 2 aromatic carbocycles. The van der Waals surface area contributed by atoms with Crippen LogP contribution in [-0.2, 0) is 0 Å². The average Bonchev–Trinajstić information content (AvgIpc) is 2.49. The van der Waals surface area contributed by atoms with Crippen LogP contribution in [0.15, 0.2) is 72.9 Å². The molecule has 0 aliphatic rings. The number of hydrogen-bond donors (Lipinski definition) is 0. The molecule has 2 heteroatoms. The Morgan fingerprint density at radius 2 is 1.60 bits per heavy atom. The van der Waals surface area contributed by atoms with Gasteiger partial charge in [0.25, 0.3) is 0 Å². The summed E-state index contributed by atoms with van der Waals surface area (Å²) in [5.41, 5.74) is 3.65. The fourth-order valence-electron chi connectivity index (χ4n) is 2.18. The molecule has 0 amide bonds. The number of pyridine rings is 1. The second-order valence-corrected chi connectivity index (χ2v) is 6.92. The molecule has 0 fully saturated rings. The maximum atomic E-state index is 4.52. The van der Waals surface area contributed by atoms with E-state index in [-0.39, 0.29) is 0 Å². The minimum atomic E-state index is 0.306. The zero-order chi connectivity index (χ0) is 13.8. The van der Waals surface area contributed by atoms with Crippen molar-refractivity contribution >= 4 is 23.9 Å². The van der Waals surface area contributed by atoms with Crippen LogP contribution < -0.4 is 8.92 Å². The Hall–Kier alpha value is -1.89. The van der Waals surface area contributed by atoms with Gasteiger partial charge in [0.05, 0.1) is 0 Å². The Kier molecular flexibility index (Phi) is 3.96. The number of hydrogen-bond acceptors (Lipinski definition) is 1. The Morgan fingerprint density at radius 1 is 0.800 bits per heavy atom. The van der Waals surface area contributed by atoms with E-state index in [2.05, 4.69) is 66.5 Å². The van der Waals surface area contributed by atoms with Crippen molar-refractivity contribution in [3.8, 4) is 11.3 Å². The summed E-state index contributed by atoms with van der Waals surface area (Å²) < 4.78 is 2.78. The van der Waals surface area contributed by atoms with Gasteiger partial charge in [0, 0.05) is 0 Å². The van der Waals surface area contributed by atoms with Gasteiger partial charge in [0.15, 0.2) is 0 Å². The van der Waals surface area contributed by atoms with E-state index in [0.717, 1.165) is 5.69 Å².